The molecule has 1 aliphatic heterocycles. The largest absolute Gasteiger partial charge is 0.387 e. The number of pyridine rings is 1. The molecule has 2 unspecified atom stereocenters. The number of aromatic nitrogens is 1. The van der Waals surface area contributed by atoms with Gasteiger partial charge in [0.15, 0.2) is 0 Å². The Morgan fingerprint density at radius 1 is 1.58 bits per heavy atom. The van der Waals surface area contributed by atoms with E-state index in [1.807, 2.05) is 19.9 Å². The summed E-state index contributed by atoms with van der Waals surface area (Å²) in [5.74, 6) is 0.316. The van der Waals surface area contributed by atoms with E-state index in [-0.39, 0.29) is 11.9 Å². The lowest BCUT2D eigenvalue weighted by Crippen LogP contribution is -2.38. The van der Waals surface area contributed by atoms with Gasteiger partial charge in [0.25, 0.3) is 5.91 Å². The predicted molar refractivity (Wildman–Crippen MR) is 74.4 cm³/mol. The van der Waals surface area contributed by atoms with Crippen LogP contribution in [0.15, 0.2) is 12.3 Å². The Bertz CT molecular complexity index is 456. The van der Waals surface area contributed by atoms with E-state index in [4.69, 9.17) is 4.74 Å². The number of nitrogens with one attached hydrogen (secondary N) is 2. The van der Waals surface area contributed by atoms with Crippen LogP contribution in [0, 0.1) is 12.8 Å². The maximum Gasteiger partial charge on any atom is 0.255 e. The summed E-state index contributed by atoms with van der Waals surface area (Å²) >= 11 is 0. The van der Waals surface area contributed by atoms with Crippen molar-refractivity contribution in [1.29, 1.82) is 0 Å². The van der Waals surface area contributed by atoms with E-state index in [1.165, 1.54) is 0 Å². The van der Waals surface area contributed by atoms with Crippen LogP contribution in [0.3, 0.4) is 0 Å². The second-order valence-electron chi connectivity index (χ2n) is 5.01. The molecule has 1 amide bonds. The Kier molecular flexibility index (Phi) is 4.37. The lowest BCUT2D eigenvalue weighted by molar-refractivity contribution is 0.0922. The van der Waals surface area contributed by atoms with Crippen molar-refractivity contribution < 1.29 is 9.53 Å². The van der Waals surface area contributed by atoms with Crippen molar-refractivity contribution in [2.24, 2.45) is 5.92 Å². The molecular formula is C14H21N3O2. The molecule has 0 aromatic carbocycles. The summed E-state index contributed by atoms with van der Waals surface area (Å²) < 4.78 is 5.35. The predicted octanol–water partition coefficient (Wildman–Crippen LogP) is 1.59. The molecular weight excluding hydrogens is 242 g/mol. The summed E-state index contributed by atoms with van der Waals surface area (Å²) in [7, 11) is 1.81. The van der Waals surface area contributed by atoms with Crippen molar-refractivity contribution in [2.45, 2.75) is 26.3 Å². The molecule has 1 aromatic heterocycles. The Balaban J connectivity index is 2.06. The Hall–Kier alpha value is -1.62. The summed E-state index contributed by atoms with van der Waals surface area (Å²) in [6.07, 6.45) is 2.63. The number of aryl methyl sites for hydroxylation is 1. The summed E-state index contributed by atoms with van der Waals surface area (Å²) in [6, 6.07) is 1.99. The van der Waals surface area contributed by atoms with Gasteiger partial charge in [-0.05, 0) is 26.3 Å². The summed E-state index contributed by atoms with van der Waals surface area (Å²) in [5, 5.41) is 6.07. The van der Waals surface area contributed by atoms with E-state index in [0.717, 1.165) is 31.0 Å². The highest BCUT2D eigenvalue weighted by Gasteiger charge is 2.24. The van der Waals surface area contributed by atoms with Gasteiger partial charge in [-0.15, -0.1) is 0 Å². The van der Waals surface area contributed by atoms with E-state index < -0.39 is 0 Å². The number of hydrogen-bond acceptors (Lipinski definition) is 4. The molecule has 2 N–H and O–H groups in total. The zero-order valence-electron chi connectivity index (χ0n) is 11.7. The van der Waals surface area contributed by atoms with Crippen LogP contribution in [0.2, 0.25) is 0 Å². The fourth-order valence-corrected chi connectivity index (χ4v) is 2.30. The standard InChI is InChI=1S/C14H21N3O2/c1-9-6-13(15-3)12(7-16-9)14(18)17-10(2)11-4-5-19-8-11/h6-7,10-11H,4-5,8H2,1-3H3,(H,15,16)(H,17,18). The van der Waals surface area contributed by atoms with Crippen molar-refractivity contribution in [1.82, 2.24) is 10.3 Å². The molecule has 0 saturated carbocycles. The van der Waals surface area contributed by atoms with Crippen LogP contribution in [0.5, 0.6) is 0 Å². The molecule has 1 fully saturated rings. The van der Waals surface area contributed by atoms with E-state index in [1.54, 1.807) is 13.2 Å². The summed E-state index contributed by atoms with van der Waals surface area (Å²) in [5.41, 5.74) is 2.27. The van der Waals surface area contributed by atoms with Crippen LogP contribution in [0.1, 0.15) is 29.4 Å². The van der Waals surface area contributed by atoms with Gasteiger partial charge in [0.05, 0.1) is 17.9 Å². The number of ether oxygens (including phenoxy) is 1. The third kappa shape index (κ3) is 3.23. The van der Waals surface area contributed by atoms with Gasteiger partial charge in [0.1, 0.15) is 0 Å². The van der Waals surface area contributed by atoms with Crippen LogP contribution >= 0.6 is 0 Å². The Labute approximate surface area is 113 Å². The number of nitrogens with zero attached hydrogens (tertiary/aromatic N) is 1. The molecule has 1 saturated heterocycles. The third-order valence-electron chi connectivity index (χ3n) is 3.59. The first-order valence-corrected chi connectivity index (χ1v) is 6.65. The first-order chi connectivity index (χ1) is 9.11. The molecule has 19 heavy (non-hydrogen) atoms. The van der Waals surface area contributed by atoms with Gasteiger partial charge in [-0.2, -0.15) is 0 Å². The van der Waals surface area contributed by atoms with Crippen LogP contribution in [-0.4, -0.2) is 37.2 Å². The average molecular weight is 263 g/mol. The molecule has 5 nitrogen and oxygen atoms in total. The molecule has 0 aliphatic carbocycles. The molecule has 104 valence electrons. The monoisotopic (exact) mass is 263 g/mol. The number of carbonyl (C=O) groups excluding carboxylic acids is 1. The highest BCUT2D eigenvalue weighted by Crippen LogP contribution is 2.19. The fraction of sp³-hybridized carbons (Fsp3) is 0.571. The molecule has 0 radical (unpaired) electrons. The lowest BCUT2D eigenvalue weighted by atomic mass is 10.0. The van der Waals surface area contributed by atoms with Gasteiger partial charge < -0.3 is 15.4 Å². The molecule has 2 atom stereocenters. The summed E-state index contributed by atoms with van der Waals surface area (Å²) in [6.45, 7) is 5.45. The number of amides is 1. The van der Waals surface area contributed by atoms with Crippen molar-refractivity contribution >= 4 is 11.6 Å². The molecule has 0 bridgehead atoms. The number of carbonyl (C=O) groups is 1. The van der Waals surface area contributed by atoms with Crippen LogP contribution in [-0.2, 0) is 4.74 Å². The SMILES string of the molecule is CNc1cc(C)ncc1C(=O)NC(C)C1CCOC1. The van der Waals surface area contributed by atoms with Crippen LogP contribution < -0.4 is 10.6 Å². The molecule has 5 heteroatoms. The van der Waals surface area contributed by atoms with E-state index in [2.05, 4.69) is 15.6 Å². The van der Waals surface area contributed by atoms with Gasteiger partial charge in [0, 0.05) is 37.5 Å². The number of rotatable bonds is 4. The highest BCUT2D eigenvalue weighted by molar-refractivity contribution is 5.99. The van der Waals surface area contributed by atoms with Gasteiger partial charge in [-0.3, -0.25) is 9.78 Å². The topological polar surface area (TPSA) is 63.2 Å². The maximum absolute atomic E-state index is 12.3. The van der Waals surface area contributed by atoms with Crippen molar-refractivity contribution in [2.75, 3.05) is 25.6 Å². The third-order valence-corrected chi connectivity index (χ3v) is 3.59. The number of anilines is 1. The summed E-state index contributed by atoms with van der Waals surface area (Å²) in [4.78, 5) is 16.5. The Morgan fingerprint density at radius 3 is 3.00 bits per heavy atom. The first-order valence-electron chi connectivity index (χ1n) is 6.65. The van der Waals surface area contributed by atoms with Crippen molar-refractivity contribution in [3.05, 3.63) is 23.5 Å². The maximum atomic E-state index is 12.3. The van der Waals surface area contributed by atoms with Crippen molar-refractivity contribution in [3.8, 4) is 0 Å². The van der Waals surface area contributed by atoms with Gasteiger partial charge in [0.2, 0.25) is 0 Å². The molecule has 1 aliphatic rings. The second-order valence-corrected chi connectivity index (χ2v) is 5.01. The minimum absolute atomic E-state index is 0.0868. The molecule has 2 rings (SSSR count). The van der Waals surface area contributed by atoms with Crippen LogP contribution in [0.25, 0.3) is 0 Å². The number of hydrogen-bond donors (Lipinski definition) is 2. The van der Waals surface area contributed by atoms with Crippen LogP contribution in [0.4, 0.5) is 5.69 Å². The minimum Gasteiger partial charge on any atom is -0.387 e. The second kappa shape index (κ2) is 6.02. The fourth-order valence-electron chi connectivity index (χ4n) is 2.30. The lowest BCUT2D eigenvalue weighted by Gasteiger charge is -2.20. The van der Waals surface area contributed by atoms with Gasteiger partial charge in [-0.25, -0.2) is 0 Å². The van der Waals surface area contributed by atoms with Gasteiger partial charge >= 0.3 is 0 Å². The van der Waals surface area contributed by atoms with Gasteiger partial charge in [-0.1, -0.05) is 0 Å². The minimum atomic E-state index is -0.0868. The molecule has 1 aromatic rings. The highest BCUT2D eigenvalue weighted by atomic mass is 16.5. The van der Waals surface area contributed by atoms with E-state index in [9.17, 15) is 4.79 Å². The van der Waals surface area contributed by atoms with Crippen molar-refractivity contribution in [3.63, 3.8) is 0 Å². The smallest absolute Gasteiger partial charge is 0.255 e. The molecule has 2 heterocycles. The first kappa shape index (κ1) is 13.8. The quantitative estimate of drug-likeness (QED) is 0.866. The zero-order valence-corrected chi connectivity index (χ0v) is 11.7. The average Bonchev–Trinajstić information content (AvgIpc) is 2.92. The van der Waals surface area contributed by atoms with E-state index in [0.29, 0.717) is 11.5 Å². The molecule has 0 spiro atoms. The normalized spacial score (nSPS) is 20.1. The Morgan fingerprint density at radius 2 is 2.37 bits per heavy atom. The van der Waals surface area contributed by atoms with E-state index >= 15 is 0 Å². The zero-order chi connectivity index (χ0) is 13.8.